The Balaban J connectivity index is 1.72. The fraction of sp³-hybridized carbons (Fsp3) is 0.300. The van der Waals surface area contributed by atoms with Gasteiger partial charge in [-0.05, 0) is 70.6 Å². The van der Waals surface area contributed by atoms with Crippen LogP contribution in [0, 0.1) is 13.8 Å². The lowest BCUT2D eigenvalue weighted by Gasteiger charge is -2.14. The summed E-state index contributed by atoms with van der Waals surface area (Å²) >= 11 is 3.43. The van der Waals surface area contributed by atoms with Gasteiger partial charge in [0.25, 0.3) is 5.91 Å². The molecule has 1 aliphatic carbocycles. The molecule has 25 heavy (non-hydrogen) atoms. The molecule has 0 aliphatic heterocycles. The SMILES string of the molecule is Cc1ccc(NC(=O)COc2ccc(C)c3c2C(=O)C[C@@H]3C)c(Br)c1. The van der Waals surface area contributed by atoms with Crippen molar-refractivity contribution < 1.29 is 14.3 Å². The topological polar surface area (TPSA) is 55.4 Å². The van der Waals surface area contributed by atoms with Crippen LogP contribution < -0.4 is 10.1 Å². The van der Waals surface area contributed by atoms with E-state index < -0.39 is 0 Å². The number of ketones is 1. The van der Waals surface area contributed by atoms with Crippen molar-refractivity contribution in [3.63, 3.8) is 0 Å². The normalized spacial score (nSPS) is 15.8. The molecule has 0 aromatic heterocycles. The van der Waals surface area contributed by atoms with Gasteiger partial charge in [-0.1, -0.05) is 19.1 Å². The monoisotopic (exact) mass is 401 g/mol. The van der Waals surface area contributed by atoms with Gasteiger partial charge in [-0.2, -0.15) is 0 Å². The van der Waals surface area contributed by atoms with Crippen LogP contribution in [0.25, 0.3) is 0 Å². The number of amides is 1. The highest BCUT2D eigenvalue weighted by Crippen LogP contribution is 2.40. The molecule has 0 radical (unpaired) electrons. The minimum absolute atomic E-state index is 0.0860. The Morgan fingerprint density at radius 1 is 1.28 bits per heavy atom. The van der Waals surface area contributed by atoms with Gasteiger partial charge in [0.1, 0.15) is 5.75 Å². The van der Waals surface area contributed by atoms with Crippen molar-refractivity contribution in [2.75, 3.05) is 11.9 Å². The van der Waals surface area contributed by atoms with Crippen LogP contribution in [-0.2, 0) is 4.79 Å². The zero-order chi connectivity index (χ0) is 18.1. The largest absolute Gasteiger partial charge is 0.483 e. The number of ether oxygens (including phenoxy) is 1. The first-order valence-corrected chi connectivity index (χ1v) is 9.01. The van der Waals surface area contributed by atoms with E-state index >= 15 is 0 Å². The lowest BCUT2D eigenvalue weighted by molar-refractivity contribution is -0.118. The quantitative estimate of drug-likeness (QED) is 0.802. The third-order valence-electron chi connectivity index (χ3n) is 4.45. The number of halogens is 1. The second-order valence-corrected chi connectivity index (χ2v) is 7.37. The summed E-state index contributed by atoms with van der Waals surface area (Å²) in [6.45, 7) is 5.88. The first kappa shape index (κ1) is 17.7. The number of anilines is 1. The highest BCUT2D eigenvalue weighted by Gasteiger charge is 2.31. The zero-order valence-corrected chi connectivity index (χ0v) is 16.1. The lowest BCUT2D eigenvalue weighted by Crippen LogP contribution is -2.21. The zero-order valence-electron chi connectivity index (χ0n) is 14.5. The fourth-order valence-corrected chi connectivity index (χ4v) is 3.87. The molecular weight excluding hydrogens is 382 g/mol. The van der Waals surface area contributed by atoms with E-state index in [1.54, 1.807) is 6.07 Å². The van der Waals surface area contributed by atoms with Crippen molar-refractivity contribution in [3.8, 4) is 5.75 Å². The van der Waals surface area contributed by atoms with Crippen LogP contribution in [0.2, 0.25) is 0 Å². The predicted octanol–water partition coefficient (Wildman–Crippen LogP) is 4.77. The average molecular weight is 402 g/mol. The number of aryl methyl sites for hydroxylation is 2. The maximum absolute atomic E-state index is 12.3. The van der Waals surface area contributed by atoms with Gasteiger partial charge >= 0.3 is 0 Å². The van der Waals surface area contributed by atoms with Gasteiger partial charge in [0.15, 0.2) is 12.4 Å². The van der Waals surface area contributed by atoms with E-state index in [-0.39, 0.29) is 24.2 Å². The van der Waals surface area contributed by atoms with Gasteiger partial charge < -0.3 is 10.1 Å². The molecule has 0 unspecified atom stereocenters. The third-order valence-corrected chi connectivity index (χ3v) is 5.10. The molecule has 0 saturated carbocycles. The summed E-state index contributed by atoms with van der Waals surface area (Å²) in [5, 5.41) is 2.81. The van der Waals surface area contributed by atoms with Crippen molar-refractivity contribution in [2.24, 2.45) is 0 Å². The van der Waals surface area contributed by atoms with E-state index in [1.807, 2.05) is 45.0 Å². The second kappa shape index (κ2) is 7.00. The fourth-order valence-electron chi connectivity index (χ4n) is 3.28. The summed E-state index contributed by atoms with van der Waals surface area (Å²) in [6, 6.07) is 9.42. The summed E-state index contributed by atoms with van der Waals surface area (Å²) in [5.41, 5.74) is 4.57. The van der Waals surface area contributed by atoms with Gasteiger partial charge in [0, 0.05) is 10.9 Å². The van der Waals surface area contributed by atoms with Crippen LogP contribution in [0.15, 0.2) is 34.8 Å². The number of hydrogen-bond donors (Lipinski definition) is 1. The Morgan fingerprint density at radius 3 is 2.76 bits per heavy atom. The van der Waals surface area contributed by atoms with Crippen LogP contribution in [0.3, 0.4) is 0 Å². The number of carbonyl (C=O) groups excluding carboxylic acids is 2. The standard InChI is InChI=1S/C20H20BrNO3/c1-11-4-6-15(14(21)8-11)22-18(24)10-25-17-7-5-12(2)19-13(3)9-16(23)20(17)19/h4-8,13H,9-10H2,1-3H3,(H,22,24)/t13-/m0/s1. The number of hydrogen-bond acceptors (Lipinski definition) is 3. The van der Waals surface area contributed by atoms with E-state index in [4.69, 9.17) is 4.74 Å². The molecule has 1 aliphatic rings. The van der Waals surface area contributed by atoms with Gasteiger partial charge in [0.05, 0.1) is 11.3 Å². The molecule has 2 aromatic carbocycles. The average Bonchev–Trinajstić information content (AvgIpc) is 2.85. The van der Waals surface area contributed by atoms with Crippen LogP contribution in [0.4, 0.5) is 5.69 Å². The first-order valence-electron chi connectivity index (χ1n) is 8.22. The Morgan fingerprint density at radius 2 is 2.04 bits per heavy atom. The number of carbonyl (C=O) groups is 2. The number of benzene rings is 2. The predicted molar refractivity (Wildman–Crippen MR) is 102 cm³/mol. The van der Waals surface area contributed by atoms with E-state index in [9.17, 15) is 9.59 Å². The van der Waals surface area contributed by atoms with Crippen molar-refractivity contribution in [1.82, 2.24) is 0 Å². The molecule has 0 bridgehead atoms. The molecule has 1 amide bonds. The summed E-state index contributed by atoms with van der Waals surface area (Å²) in [6.07, 6.45) is 0.499. The maximum atomic E-state index is 12.3. The van der Waals surface area contributed by atoms with Crippen LogP contribution in [-0.4, -0.2) is 18.3 Å². The van der Waals surface area contributed by atoms with Gasteiger partial charge in [-0.3, -0.25) is 9.59 Å². The molecule has 0 spiro atoms. The Hall–Kier alpha value is -2.14. The van der Waals surface area contributed by atoms with E-state index in [2.05, 4.69) is 21.2 Å². The van der Waals surface area contributed by atoms with E-state index in [0.717, 1.165) is 21.2 Å². The Bertz CT molecular complexity index is 860. The smallest absolute Gasteiger partial charge is 0.262 e. The molecule has 4 nitrogen and oxygen atoms in total. The summed E-state index contributed by atoms with van der Waals surface area (Å²) in [5.74, 6) is 0.511. The number of Topliss-reactive ketones (excluding diaryl/α,β-unsaturated/α-hetero) is 1. The molecule has 3 rings (SSSR count). The van der Waals surface area contributed by atoms with Crippen molar-refractivity contribution in [2.45, 2.75) is 33.1 Å². The van der Waals surface area contributed by atoms with Gasteiger partial charge in [-0.15, -0.1) is 0 Å². The highest BCUT2D eigenvalue weighted by atomic mass is 79.9. The van der Waals surface area contributed by atoms with E-state index in [1.165, 1.54) is 0 Å². The van der Waals surface area contributed by atoms with Gasteiger partial charge in [0.2, 0.25) is 0 Å². The van der Waals surface area contributed by atoms with Crippen LogP contribution in [0.5, 0.6) is 5.75 Å². The maximum Gasteiger partial charge on any atom is 0.262 e. The summed E-state index contributed by atoms with van der Waals surface area (Å²) in [4.78, 5) is 24.5. The Kier molecular flexibility index (Phi) is 4.95. The minimum Gasteiger partial charge on any atom is -0.483 e. The third kappa shape index (κ3) is 3.61. The van der Waals surface area contributed by atoms with Crippen molar-refractivity contribution in [3.05, 3.63) is 57.1 Å². The minimum atomic E-state index is -0.266. The van der Waals surface area contributed by atoms with Crippen LogP contribution >= 0.6 is 15.9 Å². The molecule has 1 N–H and O–H groups in total. The second-order valence-electron chi connectivity index (χ2n) is 6.52. The Labute approximate surface area is 155 Å². The lowest BCUT2D eigenvalue weighted by atomic mass is 9.97. The van der Waals surface area contributed by atoms with Crippen molar-refractivity contribution >= 4 is 33.3 Å². The van der Waals surface area contributed by atoms with Crippen molar-refractivity contribution in [1.29, 1.82) is 0 Å². The molecule has 0 heterocycles. The first-order chi connectivity index (χ1) is 11.9. The molecule has 0 fully saturated rings. The van der Waals surface area contributed by atoms with E-state index in [0.29, 0.717) is 23.4 Å². The molecular formula is C20H20BrNO3. The highest BCUT2D eigenvalue weighted by molar-refractivity contribution is 9.10. The molecule has 2 aromatic rings. The molecule has 5 heteroatoms. The van der Waals surface area contributed by atoms with Crippen LogP contribution in [0.1, 0.15) is 46.3 Å². The number of nitrogens with one attached hydrogen (secondary N) is 1. The molecule has 0 saturated heterocycles. The summed E-state index contributed by atoms with van der Waals surface area (Å²) in [7, 11) is 0. The number of rotatable bonds is 4. The molecule has 1 atom stereocenters. The molecule has 130 valence electrons. The summed E-state index contributed by atoms with van der Waals surface area (Å²) < 4.78 is 6.49. The number of fused-ring (bicyclic) bond motifs is 1. The van der Waals surface area contributed by atoms with Gasteiger partial charge in [-0.25, -0.2) is 0 Å².